The van der Waals surface area contributed by atoms with Crippen LogP contribution in [0.15, 0.2) is 18.5 Å². The predicted molar refractivity (Wildman–Crippen MR) is 67.5 cm³/mol. The summed E-state index contributed by atoms with van der Waals surface area (Å²) in [4.78, 5) is 19.1. The van der Waals surface area contributed by atoms with Crippen LogP contribution in [0.5, 0.6) is 6.01 Å². The first-order valence-electron chi connectivity index (χ1n) is 6.72. The van der Waals surface area contributed by atoms with Gasteiger partial charge in [0.1, 0.15) is 12.5 Å². The van der Waals surface area contributed by atoms with Crippen molar-refractivity contribution in [3.05, 3.63) is 18.5 Å². The van der Waals surface area contributed by atoms with Crippen molar-refractivity contribution in [2.24, 2.45) is 0 Å². The SMILES string of the molecule is O=C(CC(F)(F)F)NC1CCC(Oc2ncccn2)CC1. The highest BCUT2D eigenvalue weighted by atomic mass is 19.4. The number of hydrogen-bond acceptors (Lipinski definition) is 4. The van der Waals surface area contributed by atoms with E-state index in [0.717, 1.165) is 0 Å². The van der Waals surface area contributed by atoms with Gasteiger partial charge in [0.2, 0.25) is 5.91 Å². The van der Waals surface area contributed by atoms with Gasteiger partial charge in [0.25, 0.3) is 0 Å². The summed E-state index contributed by atoms with van der Waals surface area (Å²) >= 11 is 0. The molecule has 1 fully saturated rings. The van der Waals surface area contributed by atoms with E-state index in [0.29, 0.717) is 31.7 Å². The summed E-state index contributed by atoms with van der Waals surface area (Å²) < 4.78 is 41.8. The van der Waals surface area contributed by atoms with Crippen LogP contribution >= 0.6 is 0 Å². The number of amides is 1. The zero-order chi connectivity index (χ0) is 15.3. The molecule has 8 heteroatoms. The third-order valence-electron chi connectivity index (χ3n) is 3.21. The standard InChI is InChI=1S/C13H16F3N3O2/c14-13(15,16)8-11(20)19-9-2-4-10(5-3-9)21-12-17-6-1-7-18-12/h1,6-7,9-10H,2-5,8H2,(H,19,20). The molecule has 0 spiro atoms. The zero-order valence-corrected chi connectivity index (χ0v) is 11.3. The lowest BCUT2D eigenvalue weighted by atomic mass is 9.93. The van der Waals surface area contributed by atoms with Gasteiger partial charge in [-0.3, -0.25) is 4.79 Å². The lowest BCUT2D eigenvalue weighted by Crippen LogP contribution is -2.41. The minimum atomic E-state index is -4.46. The number of hydrogen-bond donors (Lipinski definition) is 1. The molecule has 0 atom stereocenters. The molecule has 0 saturated heterocycles. The lowest BCUT2D eigenvalue weighted by molar-refractivity contribution is -0.154. The summed E-state index contributed by atoms with van der Waals surface area (Å²) in [5.41, 5.74) is 0. The zero-order valence-electron chi connectivity index (χ0n) is 11.3. The van der Waals surface area contributed by atoms with Crippen LogP contribution in [-0.4, -0.2) is 34.2 Å². The van der Waals surface area contributed by atoms with E-state index in [2.05, 4.69) is 15.3 Å². The van der Waals surface area contributed by atoms with E-state index in [1.807, 2.05) is 0 Å². The minimum absolute atomic E-state index is 0.0665. The second-order valence-corrected chi connectivity index (χ2v) is 4.98. The number of carbonyl (C=O) groups excluding carboxylic acids is 1. The molecule has 5 nitrogen and oxygen atoms in total. The molecule has 1 saturated carbocycles. The molecule has 1 N–H and O–H groups in total. The molecule has 2 rings (SSSR count). The van der Waals surface area contributed by atoms with Crippen molar-refractivity contribution in [3.8, 4) is 6.01 Å². The van der Waals surface area contributed by atoms with Crippen LogP contribution in [0.1, 0.15) is 32.1 Å². The van der Waals surface area contributed by atoms with Crippen molar-refractivity contribution in [1.29, 1.82) is 0 Å². The Kier molecular flexibility index (Phi) is 4.98. The molecular formula is C13H16F3N3O2. The molecule has 0 bridgehead atoms. The van der Waals surface area contributed by atoms with Crippen molar-refractivity contribution in [3.63, 3.8) is 0 Å². The molecule has 1 aliphatic rings. The topological polar surface area (TPSA) is 64.1 Å². The molecule has 0 unspecified atom stereocenters. The van der Waals surface area contributed by atoms with Crippen LogP contribution in [-0.2, 0) is 4.79 Å². The van der Waals surface area contributed by atoms with Crippen molar-refractivity contribution in [2.75, 3.05) is 0 Å². The third-order valence-corrected chi connectivity index (χ3v) is 3.21. The monoisotopic (exact) mass is 303 g/mol. The third kappa shape index (κ3) is 5.57. The van der Waals surface area contributed by atoms with Crippen molar-refractivity contribution in [2.45, 2.75) is 50.4 Å². The highest BCUT2D eigenvalue weighted by molar-refractivity contribution is 5.76. The normalized spacial score (nSPS) is 22.6. The van der Waals surface area contributed by atoms with Crippen molar-refractivity contribution in [1.82, 2.24) is 15.3 Å². The molecule has 0 radical (unpaired) electrons. The first kappa shape index (κ1) is 15.5. The first-order chi connectivity index (χ1) is 9.92. The number of carbonyl (C=O) groups is 1. The molecule has 1 amide bonds. The van der Waals surface area contributed by atoms with Gasteiger partial charge >= 0.3 is 12.2 Å². The number of halogens is 3. The molecular weight excluding hydrogens is 287 g/mol. The summed E-state index contributed by atoms with van der Waals surface area (Å²) in [7, 11) is 0. The summed E-state index contributed by atoms with van der Waals surface area (Å²) in [5, 5.41) is 2.41. The van der Waals surface area contributed by atoms with Gasteiger partial charge in [-0.2, -0.15) is 13.2 Å². The fourth-order valence-corrected chi connectivity index (χ4v) is 2.28. The van der Waals surface area contributed by atoms with Crippen LogP contribution < -0.4 is 10.1 Å². The Balaban J connectivity index is 1.72. The van der Waals surface area contributed by atoms with E-state index in [1.165, 1.54) is 0 Å². The number of alkyl halides is 3. The molecule has 1 aromatic rings. The van der Waals surface area contributed by atoms with Crippen LogP contribution in [0.25, 0.3) is 0 Å². The van der Waals surface area contributed by atoms with Gasteiger partial charge in [0.05, 0.1) is 0 Å². The van der Waals surface area contributed by atoms with Gasteiger partial charge in [0.15, 0.2) is 0 Å². The highest BCUT2D eigenvalue weighted by Gasteiger charge is 2.32. The fraction of sp³-hybridized carbons (Fsp3) is 0.615. The van der Waals surface area contributed by atoms with Gasteiger partial charge < -0.3 is 10.1 Å². The number of ether oxygens (including phenoxy) is 1. The average molecular weight is 303 g/mol. The van der Waals surface area contributed by atoms with Crippen molar-refractivity contribution >= 4 is 5.91 Å². The Bertz CT molecular complexity index is 459. The Morgan fingerprint density at radius 1 is 1.24 bits per heavy atom. The highest BCUT2D eigenvalue weighted by Crippen LogP contribution is 2.23. The summed E-state index contributed by atoms with van der Waals surface area (Å²) in [6, 6.07) is 1.75. The second-order valence-electron chi connectivity index (χ2n) is 4.98. The maximum absolute atomic E-state index is 12.1. The summed E-state index contributed by atoms with van der Waals surface area (Å²) in [5.74, 6) is -0.974. The number of aromatic nitrogens is 2. The molecule has 0 aliphatic heterocycles. The molecule has 1 heterocycles. The van der Waals surface area contributed by atoms with E-state index in [9.17, 15) is 18.0 Å². The van der Waals surface area contributed by atoms with Gasteiger partial charge in [-0.25, -0.2) is 9.97 Å². The first-order valence-corrected chi connectivity index (χ1v) is 6.72. The molecule has 1 aromatic heterocycles. The van der Waals surface area contributed by atoms with E-state index < -0.39 is 18.5 Å². The van der Waals surface area contributed by atoms with Crippen LogP contribution in [0.3, 0.4) is 0 Å². The minimum Gasteiger partial charge on any atom is -0.460 e. The maximum Gasteiger partial charge on any atom is 0.397 e. The van der Waals surface area contributed by atoms with Gasteiger partial charge in [-0.1, -0.05) is 0 Å². The van der Waals surface area contributed by atoms with E-state index >= 15 is 0 Å². The second kappa shape index (κ2) is 6.73. The van der Waals surface area contributed by atoms with E-state index in [4.69, 9.17) is 4.74 Å². The average Bonchev–Trinajstić information content (AvgIpc) is 2.40. The fourth-order valence-electron chi connectivity index (χ4n) is 2.28. The van der Waals surface area contributed by atoms with Gasteiger partial charge in [0, 0.05) is 18.4 Å². The lowest BCUT2D eigenvalue weighted by Gasteiger charge is -2.28. The Hall–Kier alpha value is -1.86. The Labute approximate surface area is 119 Å². The number of nitrogens with one attached hydrogen (secondary N) is 1. The summed E-state index contributed by atoms with van der Waals surface area (Å²) in [6.07, 6.45) is -0.345. The van der Waals surface area contributed by atoms with Gasteiger partial charge in [-0.05, 0) is 31.7 Å². The molecule has 116 valence electrons. The molecule has 21 heavy (non-hydrogen) atoms. The Morgan fingerprint density at radius 2 is 1.86 bits per heavy atom. The maximum atomic E-state index is 12.1. The predicted octanol–water partition coefficient (Wildman–Crippen LogP) is 2.24. The van der Waals surface area contributed by atoms with E-state index in [-0.39, 0.29) is 12.1 Å². The Morgan fingerprint density at radius 3 is 2.43 bits per heavy atom. The smallest absolute Gasteiger partial charge is 0.397 e. The van der Waals surface area contributed by atoms with E-state index in [1.54, 1.807) is 18.5 Å². The molecule has 0 aromatic carbocycles. The quantitative estimate of drug-likeness (QED) is 0.926. The molecule has 1 aliphatic carbocycles. The largest absolute Gasteiger partial charge is 0.460 e. The van der Waals surface area contributed by atoms with Crippen LogP contribution in [0, 0.1) is 0 Å². The van der Waals surface area contributed by atoms with Gasteiger partial charge in [-0.15, -0.1) is 0 Å². The van der Waals surface area contributed by atoms with Crippen LogP contribution in [0.4, 0.5) is 13.2 Å². The number of nitrogens with zero attached hydrogens (tertiary/aromatic N) is 2. The number of rotatable bonds is 4. The summed E-state index contributed by atoms with van der Waals surface area (Å²) in [6.45, 7) is 0. The van der Waals surface area contributed by atoms with Crippen LogP contribution in [0.2, 0.25) is 0 Å². The van der Waals surface area contributed by atoms with Crippen molar-refractivity contribution < 1.29 is 22.7 Å².